The van der Waals surface area contributed by atoms with Gasteiger partial charge in [-0.15, -0.1) is 0 Å². The van der Waals surface area contributed by atoms with Crippen LogP contribution in [-0.4, -0.2) is 33.9 Å². The molecule has 0 aliphatic rings. The van der Waals surface area contributed by atoms with E-state index in [0.29, 0.717) is 5.02 Å². The second-order valence-corrected chi connectivity index (χ2v) is 6.40. The Balaban J connectivity index is 2.19. The second kappa shape index (κ2) is 7.62. The zero-order valence-corrected chi connectivity index (χ0v) is 14.3. The first-order valence-corrected chi connectivity index (χ1v) is 8.00. The van der Waals surface area contributed by atoms with E-state index < -0.39 is 0 Å². The van der Waals surface area contributed by atoms with Gasteiger partial charge in [0.15, 0.2) is 0 Å². The number of benzene rings is 1. The van der Waals surface area contributed by atoms with Gasteiger partial charge in [0.05, 0.1) is 24.8 Å². The van der Waals surface area contributed by atoms with Gasteiger partial charge < -0.3 is 10.4 Å². The first kappa shape index (κ1) is 17.5. The lowest BCUT2D eigenvalue weighted by molar-refractivity contribution is -0.121. The molecule has 0 saturated carbocycles. The van der Waals surface area contributed by atoms with Gasteiger partial charge >= 0.3 is 0 Å². The van der Waals surface area contributed by atoms with E-state index in [-0.39, 0.29) is 30.9 Å². The number of halogens is 1. The number of carbonyl (C=O) groups is 1. The van der Waals surface area contributed by atoms with Crippen LogP contribution in [0.1, 0.15) is 25.1 Å². The maximum atomic E-state index is 12.3. The Morgan fingerprint density at radius 3 is 2.57 bits per heavy atom. The zero-order chi connectivity index (χ0) is 17.0. The molecule has 2 rings (SSSR count). The Labute approximate surface area is 141 Å². The van der Waals surface area contributed by atoms with Gasteiger partial charge in [-0.3, -0.25) is 9.89 Å². The topological polar surface area (TPSA) is 78.0 Å². The summed E-state index contributed by atoms with van der Waals surface area (Å²) in [6, 6.07) is 7.11. The normalized spacial score (nSPS) is 12.4. The highest BCUT2D eigenvalue weighted by Crippen LogP contribution is 2.25. The lowest BCUT2D eigenvalue weighted by Crippen LogP contribution is -2.41. The first-order chi connectivity index (χ1) is 10.9. The van der Waals surface area contributed by atoms with Gasteiger partial charge in [-0.05, 0) is 25.0 Å². The molecular weight excluding hydrogens is 314 g/mol. The van der Waals surface area contributed by atoms with Gasteiger partial charge in [0, 0.05) is 21.8 Å². The van der Waals surface area contributed by atoms with Crippen LogP contribution in [-0.2, 0) is 11.2 Å². The molecule has 2 aromatic rings. The number of aryl methyl sites for hydroxylation is 1. The number of aliphatic hydroxyl groups is 1. The molecule has 23 heavy (non-hydrogen) atoms. The number of hydrogen-bond donors (Lipinski definition) is 3. The summed E-state index contributed by atoms with van der Waals surface area (Å²) < 4.78 is 0. The number of aromatic amines is 1. The molecule has 6 heteroatoms. The molecule has 1 atom stereocenters. The van der Waals surface area contributed by atoms with Crippen LogP contribution in [0, 0.1) is 12.8 Å². The molecule has 0 spiro atoms. The van der Waals surface area contributed by atoms with Crippen LogP contribution in [0.25, 0.3) is 11.3 Å². The molecule has 0 radical (unpaired) electrons. The molecule has 0 aliphatic heterocycles. The van der Waals surface area contributed by atoms with Crippen LogP contribution in [0.15, 0.2) is 24.3 Å². The van der Waals surface area contributed by atoms with E-state index in [0.717, 1.165) is 22.5 Å². The van der Waals surface area contributed by atoms with Gasteiger partial charge in [-0.1, -0.05) is 37.6 Å². The molecule has 1 aromatic carbocycles. The van der Waals surface area contributed by atoms with Gasteiger partial charge in [-0.2, -0.15) is 5.10 Å². The third-order valence-corrected chi connectivity index (χ3v) is 4.13. The highest BCUT2D eigenvalue weighted by molar-refractivity contribution is 6.30. The van der Waals surface area contributed by atoms with Gasteiger partial charge in [0.1, 0.15) is 0 Å². The van der Waals surface area contributed by atoms with Crippen LogP contribution < -0.4 is 5.32 Å². The number of nitrogens with zero attached hydrogens (tertiary/aromatic N) is 1. The van der Waals surface area contributed by atoms with Crippen molar-refractivity contribution < 1.29 is 9.90 Å². The Hall–Kier alpha value is -1.85. The molecule has 0 fully saturated rings. The monoisotopic (exact) mass is 335 g/mol. The fraction of sp³-hybridized carbons (Fsp3) is 0.412. The van der Waals surface area contributed by atoms with E-state index >= 15 is 0 Å². The first-order valence-electron chi connectivity index (χ1n) is 7.62. The van der Waals surface area contributed by atoms with Crippen molar-refractivity contribution in [1.29, 1.82) is 0 Å². The van der Waals surface area contributed by atoms with Gasteiger partial charge in [0.25, 0.3) is 0 Å². The minimum Gasteiger partial charge on any atom is -0.394 e. The van der Waals surface area contributed by atoms with E-state index in [1.54, 1.807) is 12.1 Å². The van der Waals surface area contributed by atoms with Crippen molar-refractivity contribution in [1.82, 2.24) is 15.5 Å². The molecule has 0 saturated heterocycles. The zero-order valence-electron chi connectivity index (χ0n) is 13.6. The SMILES string of the molecule is Cc1[nH]nc(-c2ccc(Cl)cc2)c1CC(=O)N[C@H](CO)C(C)C. The molecule has 1 aromatic heterocycles. The van der Waals surface area contributed by atoms with E-state index in [4.69, 9.17) is 11.6 Å². The van der Waals surface area contributed by atoms with Crippen LogP contribution >= 0.6 is 11.6 Å². The standard InChI is InChI=1S/C17H22ClN3O2/c1-10(2)15(9-22)19-16(23)8-14-11(3)20-21-17(14)12-4-6-13(18)7-5-12/h4-7,10,15,22H,8-9H2,1-3H3,(H,19,23)(H,20,21)/t15-/m1/s1. The van der Waals surface area contributed by atoms with Gasteiger partial charge in [0.2, 0.25) is 5.91 Å². The smallest absolute Gasteiger partial charge is 0.224 e. The summed E-state index contributed by atoms with van der Waals surface area (Å²) in [7, 11) is 0. The van der Waals surface area contributed by atoms with Crippen molar-refractivity contribution in [2.24, 2.45) is 5.92 Å². The third kappa shape index (κ3) is 4.33. The molecule has 1 amide bonds. The van der Waals surface area contributed by atoms with E-state index in [9.17, 15) is 9.90 Å². The fourth-order valence-corrected chi connectivity index (χ4v) is 2.48. The lowest BCUT2D eigenvalue weighted by atomic mass is 10.0. The van der Waals surface area contributed by atoms with Crippen LogP contribution in [0.3, 0.4) is 0 Å². The number of nitrogens with one attached hydrogen (secondary N) is 2. The number of carbonyl (C=O) groups excluding carboxylic acids is 1. The predicted molar refractivity (Wildman–Crippen MR) is 91.3 cm³/mol. The van der Waals surface area contributed by atoms with E-state index in [1.807, 2.05) is 32.9 Å². The van der Waals surface area contributed by atoms with Crippen molar-refractivity contribution in [2.45, 2.75) is 33.2 Å². The number of aliphatic hydroxyl groups excluding tert-OH is 1. The highest BCUT2D eigenvalue weighted by Gasteiger charge is 2.19. The molecule has 1 heterocycles. The number of aromatic nitrogens is 2. The minimum absolute atomic E-state index is 0.0716. The van der Waals surface area contributed by atoms with Crippen molar-refractivity contribution in [3.05, 3.63) is 40.5 Å². The van der Waals surface area contributed by atoms with Crippen LogP contribution in [0.5, 0.6) is 0 Å². The van der Waals surface area contributed by atoms with Crippen molar-refractivity contribution in [3.63, 3.8) is 0 Å². The summed E-state index contributed by atoms with van der Waals surface area (Å²) >= 11 is 5.92. The van der Waals surface area contributed by atoms with Crippen molar-refractivity contribution in [2.75, 3.05) is 6.61 Å². The molecule has 0 bridgehead atoms. The molecule has 5 nitrogen and oxygen atoms in total. The number of rotatable bonds is 6. The largest absolute Gasteiger partial charge is 0.394 e. The average Bonchev–Trinajstić information content (AvgIpc) is 2.86. The molecular formula is C17H22ClN3O2. The highest BCUT2D eigenvalue weighted by atomic mass is 35.5. The summed E-state index contributed by atoms with van der Waals surface area (Å²) in [4.78, 5) is 12.3. The minimum atomic E-state index is -0.242. The Kier molecular flexibility index (Phi) is 5.80. The molecule has 124 valence electrons. The Morgan fingerprint density at radius 1 is 1.35 bits per heavy atom. The second-order valence-electron chi connectivity index (χ2n) is 5.96. The molecule has 0 unspecified atom stereocenters. The Bertz CT molecular complexity index is 665. The molecule has 0 aliphatic carbocycles. The lowest BCUT2D eigenvalue weighted by Gasteiger charge is -2.20. The maximum Gasteiger partial charge on any atom is 0.224 e. The van der Waals surface area contributed by atoms with Crippen LogP contribution in [0.4, 0.5) is 0 Å². The fourth-order valence-electron chi connectivity index (χ4n) is 2.36. The van der Waals surface area contributed by atoms with Crippen molar-refractivity contribution in [3.8, 4) is 11.3 Å². The molecule has 3 N–H and O–H groups in total. The van der Waals surface area contributed by atoms with Crippen LogP contribution in [0.2, 0.25) is 5.02 Å². The average molecular weight is 336 g/mol. The number of amides is 1. The Morgan fingerprint density at radius 2 is 2.00 bits per heavy atom. The number of H-pyrrole nitrogens is 1. The summed E-state index contributed by atoms with van der Waals surface area (Å²) in [5, 5.41) is 20.1. The third-order valence-electron chi connectivity index (χ3n) is 3.88. The summed E-state index contributed by atoms with van der Waals surface area (Å²) in [5.74, 6) is 0.0441. The number of hydrogen-bond acceptors (Lipinski definition) is 3. The summed E-state index contributed by atoms with van der Waals surface area (Å²) in [6.07, 6.45) is 0.212. The maximum absolute atomic E-state index is 12.3. The predicted octanol–water partition coefficient (Wildman–Crippen LogP) is 2.71. The van der Waals surface area contributed by atoms with E-state index in [2.05, 4.69) is 15.5 Å². The quantitative estimate of drug-likeness (QED) is 0.759. The summed E-state index contributed by atoms with van der Waals surface area (Å²) in [6.45, 7) is 5.74. The van der Waals surface area contributed by atoms with Gasteiger partial charge in [-0.25, -0.2) is 0 Å². The summed E-state index contributed by atoms with van der Waals surface area (Å²) in [5.41, 5.74) is 3.36. The van der Waals surface area contributed by atoms with Crippen molar-refractivity contribution >= 4 is 17.5 Å². The van der Waals surface area contributed by atoms with E-state index in [1.165, 1.54) is 0 Å².